The molecule has 2 atom stereocenters. The second-order valence-corrected chi connectivity index (χ2v) is 5.52. The highest BCUT2D eigenvalue weighted by Crippen LogP contribution is 2.18. The van der Waals surface area contributed by atoms with Crippen LogP contribution in [-0.4, -0.2) is 27.0 Å². The molecule has 0 radical (unpaired) electrons. The van der Waals surface area contributed by atoms with Gasteiger partial charge in [0.2, 0.25) is 0 Å². The molecule has 1 aromatic carbocycles. The molecule has 2 N–H and O–H groups in total. The minimum absolute atomic E-state index is 0.122. The zero-order chi connectivity index (χ0) is 13.8. The molecule has 0 amide bonds. The van der Waals surface area contributed by atoms with Gasteiger partial charge in [-0.3, -0.25) is 0 Å². The lowest BCUT2D eigenvalue weighted by molar-refractivity contribution is 0.111. The van der Waals surface area contributed by atoms with E-state index < -0.39 is 0 Å². The van der Waals surface area contributed by atoms with Crippen LogP contribution in [0.1, 0.15) is 31.2 Å². The molecule has 4 heteroatoms. The van der Waals surface area contributed by atoms with Crippen molar-refractivity contribution in [3.63, 3.8) is 0 Å². The number of aliphatic hydroxyl groups is 1. The molecule has 1 aliphatic carbocycles. The highest BCUT2D eigenvalue weighted by Gasteiger charge is 2.19. The van der Waals surface area contributed by atoms with Gasteiger partial charge in [-0.15, -0.1) is 0 Å². The number of hydrogen-bond donors (Lipinski definition) is 2. The third-order valence-electron chi connectivity index (χ3n) is 3.95. The van der Waals surface area contributed by atoms with Gasteiger partial charge in [0.15, 0.2) is 0 Å². The van der Waals surface area contributed by atoms with Crippen LogP contribution in [0.5, 0.6) is 0 Å². The summed E-state index contributed by atoms with van der Waals surface area (Å²) in [7, 11) is 0. The SMILES string of the molecule is OC1CCCC(NCc2ccc(-n3cccn3)cc2)C1. The summed E-state index contributed by atoms with van der Waals surface area (Å²) in [5.41, 5.74) is 2.34. The van der Waals surface area contributed by atoms with Crippen LogP contribution in [0.25, 0.3) is 5.69 Å². The minimum atomic E-state index is -0.122. The highest BCUT2D eigenvalue weighted by atomic mass is 16.3. The summed E-state index contributed by atoms with van der Waals surface area (Å²) < 4.78 is 1.86. The molecule has 1 heterocycles. The fraction of sp³-hybridized carbons (Fsp3) is 0.438. The van der Waals surface area contributed by atoms with Crippen molar-refractivity contribution in [3.05, 3.63) is 48.3 Å². The van der Waals surface area contributed by atoms with Gasteiger partial charge in [-0.1, -0.05) is 12.1 Å². The molecule has 106 valence electrons. The zero-order valence-corrected chi connectivity index (χ0v) is 11.6. The summed E-state index contributed by atoms with van der Waals surface area (Å²) in [6, 6.07) is 10.8. The largest absolute Gasteiger partial charge is 0.393 e. The van der Waals surface area contributed by atoms with Gasteiger partial charge in [0.1, 0.15) is 0 Å². The minimum Gasteiger partial charge on any atom is -0.393 e. The Kier molecular flexibility index (Phi) is 4.14. The standard InChI is InChI=1S/C16H21N3O/c20-16-4-1-3-14(11-16)17-12-13-5-7-15(8-6-13)19-10-2-9-18-19/h2,5-10,14,16-17,20H,1,3-4,11-12H2. The van der Waals surface area contributed by atoms with E-state index in [0.717, 1.165) is 31.5 Å². The molecule has 20 heavy (non-hydrogen) atoms. The van der Waals surface area contributed by atoms with Gasteiger partial charge in [-0.05, 0) is 49.4 Å². The van der Waals surface area contributed by atoms with E-state index in [2.05, 4.69) is 34.7 Å². The zero-order valence-electron chi connectivity index (χ0n) is 11.6. The monoisotopic (exact) mass is 271 g/mol. The first kappa shape index (κ1) is 13.3. The molecule has 1 fully saturated rings. The Morgan fingerprint density at radius 1 is 1.25 bits per heavy atom. The van der Waals surface area contributed by atoms with E-state index in [1.165, 1.54) is 12.0 Å². The third kappa shape index (κ3) is 3.26. The van der Waals surface area contributed by atoms with Gasteiger partial charge < -0.3 is 10.4 Å². The summed E-state index contributed by atoms with van der Waals surface area (Å²) >= 11 is 0. The molecule has 2 unspecified atom stereocenters. The molecule has 0 aliphatic heterocycles. The summed E-state index contributed by atoms with van der Waals surface area (Å²) in [6.45, 7) is 0.858. The maximum absolute atomic E-state index is 9.67. The molecule has 1 saturated carbocycles. The average molecular weight is 271 g/mol. The maximum atomic E-state index is 9.67. The van der Waals surface area contributed by atoms with Gasteiger partial charge in [0.25, 0.3) is 0 Å². The third-order valence-corrected chi connectivity index (χ3v) is 3.95. The van der Waals surface area contributed by atoms with Crippen molar-refractivity contribution >= 4 is 0 Å². The first-order valence-corrected chi connectivity index (χ1v) is 7.32. The van der Waals surface area contributed by atoms with E-state index in [1.807, 2.05) is 16.9 Å². The lowest BCUT2D eigenvalue weighted by Gasteiger charge is -2.26. The van der Waals surface area contributed by atoms with Crippen LogP contribution in [0.3, 0.4) is 0 Å². The second kappa shape index (κ2) is 6.20. The fourth-order valence-corrected chi connectivity index (χ4v) is 2.80. The van der Waals surface area contributed by atoms with Crippen molar-refractivity contribution in [3.8, 4) is 5.69 Å². The van der Waals surface area contributed by atoms with Crippen LogP contribution in [0.15, 0.2) is 42.7 Å². The normalized spacial score (nSPS) is 22.9. The smallest absolute Gasteiger partial charge is 0.0645 e. The van der Waals surface area contributed by atoms with Gasteiger partial charge in [-0.25, -0.2) is 4.68 Å². The van der Waals surface area contributed by atoms with E-state index in [-0.39, 0.29) is 6.10 Å². The Bertz CT molecular complexity index is 521. The Labute approximate surface area is 119 Å². The molecule has 2 aromatic rings. The molecule has 1 aromatic heterocycles. The Morgan fingerprint density at radius 2 is 2.10 bits per heavy atom. The summed E-state index contributed by atoms with van der Waals surface area (Å²) in [6.07, 6.45) is 7.73. The number of rotatable bonds is 4. The number of benzene rings is 1. The molecule has 3 rings (SSSR count). The van der Waals surface area contributed by atoms with Crippen molar-refractivity contribution in [1.29, 1.82) is 0 Å². The quantitative estimate of drug-likeness (QED) is 0.897. The predicted molar refractivity (Wildman–Crippen MR) is 78.7 cm³/mol. The average Bonchev–Trinajstić information content (AvgIpc) is 3.00. The van der Waals surface area contributed by atoms with Gasteiger partial charge in [0.05, 0.1) is 11.8 Å². The summed E-state index contributed by atoms with van der Waals surface area (Å²) in [4.78, 5) is 0. The second-order valence-electron chi connectivity index (χ2n) is 5.52. The lowest BCUT2D eigenvalue weighted by Crippen LogP contribution is -2.35. The number of aliphatic hydroxyl groups excluding tert-OH is 1. The topological polar surface area (TPSA) is 50.1 Å². The highest BCUT2D eigenvalue weighted by molar-refractivity contribution is 5.33. The Balaban J connectivity index is 1.56. The Hall–Kier alpha value is -1.65. The van der Waals surface area contributed by atoms with Crippen molar-refractivity contribution in [2.24, 2.45) is 0 Å². The van der Waals surface area contributed by atoms with Crippen LogP contribution in [0.2, 0.25) is 0 Å². The number of aromatic nitrogens is 2. The first-order valence-electron chi connectivity index (χ1n) is 7.32. The number of nitrogens with one attached hydrogen (secondary N) is 1. The molecular weight excluding hydrogens is 250 g/mol. The van der Waals surface area contributed by atoms with Crippen LogP contribution in [0, 0.1) is 0 Å². The Morgan fingerprint density at radius 3 is 2.80 bits per heavy atom. The number of nitrogens with zero attached hydrogens (tertiary/aromatic N) is 2. The van der Waals surface area contributed by atoms with Crippen molar-refractivity contribution < 1.29 is 5.11 Å². The van der Waals surface area contributed by atoms with Crippen LogP contribution < -0.4 is 5.32 Å². The molecule has 0 saturated heterocycles. The number of hydrogen-bond acceptors (Lipinski definition) is 3. The van der Waals surface area contributed by atoms with Crippen LogP contribution in [-0.2, 0) is 6.54 Å². The molecule has 0 bridgehead atoms. The predicted octanol–water partition coefficient (Wildman–Crippen LogP) is 2.27. The summed E-state index contributed by atoms with van der Waals surface area (Å²) in [5, 5.41) is 17.4. The van der Waals surface area contributed by atoms with E-state index in [0.29, 0.717) is 6.04 Å². The van der Waals surface area contributed by atoms with Gasteiger partial charge in [0, 0.05) is 25.0 Å². The van der Waals surface area contributed by atoms with E-state index >= 15 is 0 Å². The first-order chi connectivity index (χ1) is 9.81. The maximum Gasteiger partial charge on any atom is 0.0645 e. The van der Waals surface area contributed by atoms with Crippen molar-refractivity contribution in [2.45, 2.75) is 44.4 Å². The van der Waals surface area contributed by atoms with Crippen LogP contribution in [0.4, 0.5) is 0 Å². The van der Waals surface area contributed by atoms with Gasteiger partial charge in [-0.2, -0.15) is 5.10 Å². The molecular formula is C16H21N3O. The van der Waals surface area contributed by atoms with Crippen LogP contribution >= 0.6 is 0 Å². The van der Waals surface area contributed by atoms with E-state index in [4.69, 9.17) is 0 Å². The van der Waals surface area contributed by atoms with E-state index in [9.17, 15) is 5.11 Å². The molecule has 1 aliphatic rings. The summed E-state index contributed by atoms with van der Waals surface area (Å²) in [5.74, 6) is 0. The lowest BCUT2D eigenvalue weighted by atomic mass is 9.93. The molecule has 4 nitrogen and oxygen atoms in total. The van der Waals surface area contributed by atoms with Crippen molar-refractivity contribution in [2.75, 3.05) is 0 Å². The fourth-order valence-electron chi connectivity index (χ4n) is 2.80. The van der Waals surface area contributed by atoms with Crippen molar-refractivity contribution in [1.82, 2.24) is 15.1 Å². The molecule has 0 spiro atoms. The van der Waals surface area contributed by atoms with E-state index in [1.54, 1.807) is 6.20 Å². The van der Waals surface area contributed by atoms with Gasteiger partial charge >= 0.3 is 0 Å².